The van der Waals surface area contributed by atoms with Gasteiger partial charge in [-0.3, -0.25) is 10.1 Å². The van der Waals surface area contributed by atoms with Gasteiger partial charge < -0.3 is 10.1 Å². The van der Waals surface area contributed by atoms with Gasteiger partial charge in [-0.15, -0.1) is 0 Å². The van der Waals surface area contributed by atoms with Crippen LogP contribution in [-0.4, -0.2) is 24.0 Å². The third-order valence-corrected chi connectivity index (χ3v) is 3.08. The molecule has 0 bridgehead atoms. The van der Waals surface area contributed by atoms with Crippen LogP contribution in [0.5, 0.6) is 0 Å². The van der Waals surface area contributed by atoms with Gasteiger partial charge in [-0.1, -0.05) is 29.8 Å². The predicted octanol–water partition coefficient (Wildman–Crippen LogP) is 2.97. The zero-order valence-corrected chi connectivity index (χ0v) is 12.4. The highest BCUT2D eigenvalue weighted by Crippen LogP contribution is 2.29. The minimum atomic E-state index is -0.634. The molecule has 7 heteroatoms. The maximum atomic E-state index is 11.6. The van der Waals surface area contributed by atoms with E-state index in [0.29, 0.717) is 4.47 Å². The van der Waals surface area contributed by atoms with Crippen molar-refractivity contribution in [2.45, 2.75) is 19.9 Å². The molecule has 0 fully saturated rings. The van der Waals surface area contributed by atoms with Crippen molar-refractivity contribution in [3.8, 4) is 0 Å². The van der Waals surface area contributed by atoms with Crippen molar-refractivity contribution in [2.75, 3.05) is 12.4 Å². The summed E-state index contributed by atoms with van der Waals surface area (Å²) in [6.45, 7) is 3.67. The molecule has 1 aromatic rings. The monoisotopic (exact) mass is 330 g/mol. The van der Waals surface area contributed by atoms with E-state index in [1.807, 2.05) is 13.8 Å². The zero-order chi connectivity index (χ0) is 14.6. The van der Waals surface area contributed by atoms with Crippen LogP contribution in [0.15, 0.2) is 22.7 Å². The average molecular weight is 331 g/mol. The second kappa shape index (κ2) is 6.51. The molecule has 1 atom stereocenters. The van der Waals surface area contributed by atoms with E-state index >= 15 is 0 Å². The molecule has 19 heavy (non-hydrogen) atoms. The normalized spacial score (nSPS) is 12.1. The summed E-state index contributed by atoms with van der Waals surface area (Å²) in [6.07, 6.45) is 0. The Morgan fingerprint density at radius 3 is 2.58 bits per heavy atom. The molecule has 0 radical (unpaired) electrons. The molecule has 0 aliphatic rings. The van der Waals surface area contributed by atoms with Crippen molar-refractivity contribution in [3.63, 3.8) is 0 Å². The lowest BCUT2D eigenvalue weighted by molar-refractivity contribution is -0.384. The number of methoxy groups -OCH3 is 1. The smallest absolute Gasteiger partial charge is 0.328 e. The molecule has 104 valence electrons. The first-order valence-corrected chi connectivity index (χ1v) is 6.44. The van der Waals surface area contributed by atoms with Crippen molar-refractivity contribution < 1.29 is 14.5 Å². The highest BCUT2D eigenvalue weighted by molar-refractivity contribution is 9.10. The number of nitrogens with one attached hydrogen (secondary N) is 1. The number of esters is 1. The van der Waals surface area contributed by atoms with E-state index in [-0.39, 0.29) is 17.3 Å². The topological polar surface area (TPSA) is 81.5 Å². The molecule has 0 spiro atoms. The van der Waals surface area contributed by atoms with Crippen LogP contribution in [0.4, 0.5) is 11.4 Å². The summed E-state index contributed by atoms with van der Waals surface area (Å²) in [4.78, 5) is 22.1. The van der Waals surface area contributed by atoms with Crippen LogP contribution < -0.4 is 5.32 Å². The van der Waals surface area contributed by atoms with Gasteiger partial charge in [0.2, 0.25) is 0 Å². The maximum absolute atomic E-state index is 11.6. The van der Waals surface area contributed by atoms with Gasteiger partial charge in [0.1, 0.15) is 11.7 Å². The third kappa shape index (κ3) is 3.92. The Kier molecular flexibility index (Phi) is 5.29. The highest BCUT2D eigenvalue weighted by atomic mass is 79.9. The lowest BCUT2D eigenvalue weighted by Gasteiger charge is -2.20. The average Bonchev–Trinajstić information content (AvgIpc) is 2.35. The van der Waals surface area contributed by atoms with Crippen LogP contribution in [0.1, 0.15) is 13.8 Å². The second-order valence-corrected chi connectivity index (χ2v) is 5.22. The van der Waals surface area contributed by atoms with Gasteiger partial charge in [0, 0.05) is 10.5 Å². The minimum Gasteiger partial charge on any atom is -0.467 e. The lowest BCUT2D eigenvalue weighted by atomic mass is 10.0. The summed E-state index contributed by atoms with van der Waals surface area (Å²) in [7, 11) is 1.29. The molecule has 0 heterocycles. The third-order valence-electron chi connectivity index (χ3n) is 2.59. The fourth-order valence-electron chi connectivity index (χ4n) is 1.57. The zero-order valence-electron chi connectivity index (χ0n) is 10.8. The van der Waals surface area contributed by atoms with Crippen LogP contribution in [0, 0.1) is 16.0 Å². The predicted molar refractivity (Wildman–Crippen MR) is 75.1 cm³/mol. The molecular weight excluding hydrogens is 316 g/mol. The van der Waals surface area contributed by atoms with E-state index in [9.17, 15) is 14.9 Å². The molecule has 1 N–H and O–H groups in total. The van der Waals surface area contributed by atoms with Gasteiger partial charge in [-0.05, 0) is 18.1 Å². The molecule has 0 amide bonds. The first-order chi connectivity index (χ1) is 8.86. The standard InChI is InChI=1S/C12H15BrN2O4/c1-7(2)11(12(16)19-3)14-9-5-4-8(13)6-10(9)15(17)18/h4-7,11,14H,1-3H3. The van der Waals surface area contributed by atoms with Crippen molar-refractivity contribution >= 4 is 33.3 Å². The Morgan fingerprint density at radius 2 is 2.11 bits per heavy atom. The minimum absolute atomic E-state index is 0.0595. The number of nitro groups is 1. The van der Waals surface area contributed by atoms with Gasteiger partial charge in [0.05, 0.1) is 12.0 Å². The molecule has 0 saturated heterocycles. The summed E-state index contributed by atoms with van der Waals surface area (Å²) in [5.41, 5.74) is 0.196. The Bertz CT molecular complexity index is 491. The number of hydrogen-bond donors (Lipinski definition) is 1. The van der Waals surface area contributed by atoms with Gasteiger partial charge in [0.25, 0.3) is 5.69 Å². The first kappa shape index (κ1) is 15.4. The van der Waals surface area contributed by atoms with E-state index in [2.05, 4.69) is 26.0 Å². The van der Waals surface area contributed by atoms with Crippen LogP contribution in [0.2, 0.25) is 0 Å². The van der Waals surface area contributed by atoms with Crippen LogP contribution in [-0.2, 0) is 9.53 Å². The Hall–Kier alpha value is -1.63. The molecule has 0 saturated carbocycles. The first-order valence-electron chi connectivity index (χ1n) is 5.65. The van der Waals surface area contributed by atoms with Crippen molar-refractivity contribution in [1.82, 2.24) is 0 Å². The number of halogens is 1. The highest BCUT2D eigenvalue weighted by Gasteiger charge is 2.26. The summed E-state index contributed by atoms with van der Waals surface area (Å²) >= 11 is 3.18. The number of carbonyl (C=O) groups excluding carboxylic acids is 1. The number of anilines is 1. The summed E-state index contributed by atoms with van der Waals surface area (Å²) in [5.74, 6) is -0.511. The second-order valence-electron chi connectivity index (χ2n) is 4.31. The largest absolute Gasteiger partial charge is 0.467 e. The Labute approximate surface area is 119 Å². The molecule has 1 aromatic carbocycles. The lowest BCUT2D eigenvalue weighted by Crippen LogP contribution is -2.35. The van der Waals surface area contributed by atoms with Gasteiger partial charge >= 0.3 is 5.97 Å². The fourth-order valence-corrected chi connectivity index (χ4v) is 1.92. The number of rotatable bonds is 5. The molecular formula is C12H15BrN2O4. The Morgan fingerprint density at radius 1 is 1.47 bits per heavy atom. The van der Waals surface area contributed by atoms with Gasteiger partial charge in [-0.2, -0.15) is 0 Å². The number of carbonyl (C=O) groups is 1. The molecule has 6 nitrogen and oxygen atoms in total. The summed E-state index contributed by atoms with van der Waals surface area (Å²) in [5, 5.41) is 13.9. The van der Waals surface area contributed by atoms with Crippen LogP contribution in [0.25, 0.3) is 0 Å². The molecule has 1 rings (SSSR count). The van der Waals surface area contributed by atoms with Gasteiger partial charge in [-0.25, -0.2) is 4.79 Å². The number of nitro benzene ring substituents is 1. The number of benzene rings is 1. The quantitative estimate of drug-likeness (QED) is 0.510. The van der Waals surface area contributed by atoms with Crippen LogP contribution >= 0.6 is 15.9 Å². The van der Waals surface area contributed by atoms with Crippen LogP contribution in [0.3, 0.4) is 0 Å². The van der Waals surface area contributed by atoms with E-state index in [0.717, 1.165) is 0 Å². The van der Waals surface area contributed by atoms with Crippen molar-refractivity contribution in [3.05, 3.63) is 32.8 Å². The van der Waals surface area contributed by atoms with Crippen molar-refractivity contribution in [1.29, 1.82) is 0 Å². The molecule has 0 aromatic heterocycles. The van der Waals surface area contributed by atoms with E-state index in [1.54, 1.807) is 12.1 Å². The number of ether oxygens (including phenoxy) is 1. The maximum Gasteiger partial charge on any atom is 0.328 e. The van der Waals surface area contributed by atoms with E-state index in [1.165, 1.54) is 13.2 Å². The molecule has 0 aliphatic carbocycles. The fraction of sp³-hybridized carbons (Fsp3) is 0.417. The number of nitrogens with zero attached hydrogens (tertiary/aromatic N) is 1. The molecule has 0 aliphatic heterocycles. The molecule has 1 unspecified atom stereocenters. The number of hydrogen-bond acceptors (Lipinski definition) is 5. The Balaban J connectivity index is 3.09. The summed E-state index contributed by atoms with van der Waals surface area (Å²) in [6, 6.07) is 3.98. The SMILES string of the molecule is COC(=O)C(Nc1ccc(Br)cc1[N+](=O)[O-])C(C)C. The van der Waals surface area contributed by atoms with Gasteiger partial charge in [0.15, 0.2) is 0 Å². The van der Waals surface area contributed by atoms with Crippen molar-refractivity contribution in [2.24, 2.45) is 5.92 Å². The summed E-state index contributed by atoms with van der Waals surface area (Å²) < 4.78 is 5.29. The van der Waals surface area contributed by atoms with E-state index < -0.39 is 16.9 Å². The van der Waals surface area contributed by atoms with E-state index in [4.69, 9.17) is 0 Å².